The summed E-state index contributed by atoms with van der Waals surface area (Å²) in [5.74, 6) is -0.187. The number of ether oxygens (including phenoxy) is 1. The quantitative estimate of drug-likeness (QED) is 0.724. The standard InChI is InChI=1S/C12H16FNO/c13-12-4-2-1-3-10(12)9-15-8-7-14-11-5-6-11/h1-4,11,14H,5-9H2. The Morgan fingerprint density at radius 1 is 1.33 bits per heavy atom. The second kappa shape index (κ2) is 5.24. The van der Waals surface area contributed by atoms with Crippen molar-refractivity contribution >= 4 is 0 Å². The summed E-state index contributed by atoms with van der Waals surface area (Å²) < 4.78 is 18.5. The van der Waals surface area contributed by atoms with Gasteiger partial charge in [-0.25, -0.2) is 4.39 Å². The SMILES string of the molecule is Fc1ccccc1COCCNC1CC1. The highest BCUT2D eigenvalue weighted by Crippen LogP contribution is 2.17. The lowest BCUT2D eigenvalue weighted by Gasteiger charge is -2.05. The van der Waals surface area contributed by atoms with Gasteiger partial charge in [0.05, 0.1) is 13.2 Å². The van der Waals surface area contributed by atoms with E-state index < -0.39 is 0 Å². The van der Waals surface area contributed by atoms with E-state index in [9.17, 15) is 4.39 Å². The molecule has 0 aliphatic heterocycles. The molecular formula is C12H16FNO. The van der Waals surface area contributed by atoms with Crippen molar-refractivity contribution in [3.63, 3.8) is 0 Å². The molecule has 0 aromatic heterocycles. The smallest absolute Gasteiger partial charge is 0.128 e. The monoisotopic (exact) mass is 209 g/mol. The molecule has 15 heavy (non-hydrogen) atoms. The van der Waals surface area contributed by atoms with Crippen LogP contribution in [0.15, 0.2) is 24.3 Å². The van der Waals surface area contributed by atoms with E-state index in [1.165, 1.54) is 18.9 Å². The van der Waals surface area contributed by atoms with E-state index in [1.54, 1.807) is 12.1 Å². The Bertz CT molecular complexity index is 312. The molecule has 2 rings (SSSR count). The van der Waals surface area contributed by atoms with E-state index in [1.807, 2.05) is 6.07 Å². The molecule has 0 amide bonds. The molecular weight excluding hydrogens is 193 g/mol. The molecule has 0 bridgehead atoms. The van der Waals surface area contributed by atoms with Crippen LogP contribution in [-0.2, 0) is 11.3 Å². The first-order valence-electron chi connectivity index (χ1n) is 5.41. The highest BCUT2D eigenvalue weighted by molar-refractivity contribution is 5.16. The number of rotatable bonds is 6. The van der Waals surface area contributed by atoms with Crippen LogP contribution in [0.4, 0.5) is 4.39 Å². The van der Waals surface area contributed by atoms with E-state index in [0.29, 0.717) is 24.8 Å². The largest absolute Gasteiger partial charge is 0.375 e. The third-order valence-corrected chi connectivity index (χ3v) is 2.47. The van der Waals surface area contributed by atoms with Crippen molar-refractivity contribution in [2.24, 2.45) is 0 Å². The maximum Gasteiger partial charge on any atom is 0.128 e. The van der Waals surface area contributed by atoms with E-state index >= 15 is 0 Å². The van der Waals surface area contributed by atoms with E-state index in [2.05, 4.69) is 5.32 Å². The normalized spacial score (nSPS) is 15.5. The number of benzene rings is 1. The Labute approximate surface area is 89.4 Å². The van der Waals surface area contributed by atoms with Gasteiger partial charge in [0.15, 0.2) is 0 Å². The van der Waals surface area contributed by atoms with Crippen LogP contribution in [0, 0.1) is 5.82 Å². The molecule has 0 spiro atoms. The van der Waals surface area contributed by atoms with Gasteiger partial charge in [-0.2, -0.15) is 0 Å². The summed E-state index contributed by atoms with van der Waals surface area (Å²) in [6, 6.07) is 7.43. The number of hydrogen-bond acceptors (Lipinski definition) is 2. The van der Waals surface area contributed by atoms with Gasteiger partial charge < -0.3 is 10.1 Å². The number of hydrogen-bond donors (Lipinski definition) is 1. The third-order valence-electron chi connectivity index (χ3n) is 2.47. The van der Waals surface area contributed by atoms with Crippen LogP contribution in [0.2, 0.25) is 0 Å². The van der Waals surface area contributed by atoms with Crippen LogP contribution in [0.25, 0.3) is 0 Å². The van der Waals surface area contributed by atoms with Crippen molar-refractivity contribution in [2.75, 3.05) is 13.2 Å². The summed E-state index contributed by atoms with van der Waals surface area (Å²) in [4.78, 5) is 0. The molecule has 0 saturated heterocycles. The van der Waals surface area contributed by atoms with Gasteiger partial charge in [-0.3, -0.25) is 0 Å². The second-order valence-electron chi connectivity index (χ2n) is 3.87. The molecule has 1 aromatic carbocycles. The molecule has 1 N–H and O–H groups in total. The van der Waals surface area contributed by atoms with Gasteiger partial charge in [-0.15, -0.1) is 0 Å². The number of halogens is 1. The minimum absolute atomic E-state index is 0.187. The molecule has 2 nitrogen and oxygen atoms in total. The lowest BCUT2D eigenvalue weighted by molar-refractivity contribution is 0.120. The Morgan fingerprint density at radius 3 is 2.87 bits per heavy atom. The lowest BCUT2D eigenvalue weighted by atomic mass is 10.2. The van der Waals surface area contributed by atoms with Crippen LogP contribution >= 0.6 is 0 Å². The van der Waals surface area contributed by atoms with Crippen LogP contribution in [0.5, 0.6) is 0 Å². The van der Waals surface area contributed by atoms with Crippen LogP contribution in [-0.4, -0.2) is 19.2 Å². The fourth-order valence-corrected chi connectivity index (χ4v) is 1.42. The summed E-state index contributed by atoms with van der Waals surface area (Å²) >= 11 is 0. The van der Waals surface area contributed by atoms with Gasteiger partial charge in [0.1, 0.15) is 5.82 Å². The fourth-order valence-electron chi connectivity index (χ4n) is 1.42. The van der Waals surface area contributed by atoms with Gasteiger partial charge in [-0.05, 0) is 18.9 Å². The number of nitrogens with one attached hydrogen (secondary N) is 1. The van der Waals surface area contributed by atoms with Crippen LogP contribution in [0.3, 0.4) is 0 Å². The van der Waals surface area contributed by atoms with Gasteiger partial charge in [-0.1, -0.05) is 18.2 Å². The van der Waals surface area contributed by atoms with E-state index in [4.69, 9.17) is 4.74 Å². The van der Waals surface area contributed by atoms with Crippen molar-refractivity contribution in [2.45, 2.75) is 25.5 Å². The minimum Gasteiger partial charge on any atom is -0.375 e. The van der Waals surface area contributed by atoms with Crippen molar-refractivity contribution in [1.29, 1.82) is 0 Å². The molecule has 0 radical (unpaired) electrons. The fraction of sp³-hybridized carbons (Fsp3) is 0.500. The van der Waals surface area contributed by atoms with E-state index in [0.717, 1.165) is 6.54 Å². The van der Waals surface area contributed by atoms with Crippen molar-refractivity contribution in [1.82, 2.24) is 5.32 Å². The minimum atomic E-state index is -0.187. The first kappa shape index (κ1) is 10.6. The molecule has 1 saturated carbocycles. The predicted molar refractivity (Wildman–Crippen MR) is 57.1 cm³/mol. The molecule has 0 heterocycles. The average molecular weight is 209 g/mol. The Morgan fingerprint density at radius 2 is 2.13 bits per heavy atom. The first-order valence-corrected chi connectivity index (χ1v) is 5.41. The van der Waals surface area contributed by atoms with Crippen LogP contribution in [0.1, 0.15) is 18.4 Å². The summed E-state index contributed by atoms with van der Waals surface area (Å²) in [7, 11) is 0. The zero-order valence-corrected chi connectivity index (χ0v) is 8.71. The van der Waals surface area contributed by atoms with Gasteiger partial charge in [0.2, 0.25) is 0 Å². The second-order valence-corrected chi connectivity index (χ2v) is 3.87. The molecule has 1 aliphatic rings. The van der Waals surface area contributed by atoms with Crippen molar-refractivity contribution < 1.29 is 9.13 Å². The highest BCUT2D eigenvalue weighted by Gasteiger charge is 2.19. The average Bonchev–Trinajstić information content (AvgIpc) is 3.04. The Hall–Kier alpha value is -0.930. The first-order chi connectivity index (χ1) is 7.36. The Kier molecular flexibility index (Phi) is 3.69. The van der Waals surface area contributed by atoms with Gasteiger partial charge in [0, 0.05) is 18.2 Å². The van der Waals surface area contributed by atoms with Crippen molar-refractivity contribution in [3.8, 4) is 0 Å². The summed E-state index contributed by atoms with van der Waals surface area (Å²) in [5, 5.41) is 3.34. The predicted octanol–water partition coefficient (Wildman–Crippen LogP) is 2.09. The zero-order valence-electron chi connectivity index (χ0n) is 8.71. The summed E-state index contributed by atoms with van der Waals surface area (Å²) in [6.45, 7) is 1.86. The third kappa shape index (κ3) is 3.61. The molecule has 3 heteroatoms. The molecule has 82 valence electrons. The zero-order chi connectivity index (χ0) is 10.5. The van der Waals surface area contributed by atoms with Crippen molar-refractivity contribution in [3.05, 3.63) is 35.6 Å². The maximum absolute atomic E-state index is 13.1. The molecule has 1 fully saturated rings. The molecule has 1 aromatic rings. The highest BCUT2D eigenvalue weighted by atomic mass is 19.1. The molecule has 0 atom stereocenters. The molecule has 0 unspecified atom stereocenters. The summed E-state index contributed by atoms with van der Waals surface area (Å²) in [6.07, 6.45) is 2.57. The molecule has 1 aliphatic carbocycles. The van der Waals surface area contributed by atoms with Gasteiger partial charge >= 0.3 is 0 Å². The summed E-state index contributed by atoms with van der Waals surface area (Å²) in [5.41, 5.74) is 0.629. The van der Waals surface area contributed by atoms with Gasteiger partial charge in [0.25, 0.3) is 0 Å². The topological polar surface area (TPSA) is 21.3 Å². The lowest BCUT2D eigenvalue weighted by Crippen LogP contribution is -2.21. The maximum atomic E-state index is 13.1. The van der Waals surface area contributed by atoms with E-state index in [-0.39, 0.29) is 5.82 Å². The van der Waals surface area contributed by atoms with Crippen LogP contribution < -0.4 is 5.32 Å². The Balaban J connectivity index is 1.62.